The molecule has 1 aromatic carbocycles. The van der Waals surface area contributed by atoms with Gasteiger partial charge in [-0.3, -0.25) is 4.98 Å². The molecule has 2 aromatic rings. The summed E-state index contributed by atoms with van der Waals surface area (Å²) in [5, 5.41) is 10.3. The van der Waals surface area contributed by atoms with Crippen LogP contribution in [0.4, 0.5) is 0 Å². The van der Waals surface area contributed by atoms with Crippen molar-refractivity contribution in [2.45, 2.75) is 12.5 Å². The van der Waals surface area contributed by atoms with E-state index in [1.54, 1.807) is 38.7 Å². The molecule has 2 rings (SSSR count). The van der Waals surface area contributed by atoms with Crippen molar-refractivity contribution in [3.05, 3.63) is 52.3 Å². The number of aromatic nitrogens is 1. The molecule has 1 unspecified atom stereocenters. The first kappa shape index (κ1) is 14.8. The van der Waals surface area contributed by atoms with Gasteiger partial charge < -0.3 is 14.6 Å². The average molecular weight is 338 g/mol. The number of rotatable bonds is 5. The van der Waals surface area contributed by atoms with Crippen molar-refractivity contribution in [3.63, 3.8) is 0 Å². The maximum absolute atomic E-state index is 10.3. The van der Waals surface area contributed by atoms with Crippen LogP contribution >= 0.6 is 15.9 Å². The molecule has 5 heteroatoms. The van der Waals surface area contributed by atoms with Gasteiger partial charge in [0.2, 0.25) is 0 Å². The van der Waals surface area contributed by atoms with Crippen LogP contribution in [0, 0.1) is 0 Å². The van der Waals surface area contributed by atoms with Crippen LogP contribution in [0.1, 0.15) is 17.2 Å². The van der Waals surface area contributed by atoms with E-state index in [4.69, 9.17) is 9.47 Å². The molecule has 0 radical (unpaired) electrons. The first-order chi connectivity index (χ1) is 9.63. The molecule has 0 spiro atoms. The van der Waals surface area contributed by atoms with E-state index in [0.717, 1.165) is 15.6 Å². The van der Waals surface area contributed by atoms with Crippen LogP contribution in [0.3, 0.4) is 0 Å². The summed E-state index contributed by atoms with van der Waals surface area (Å²) in [4.78, 5) is 4.09. The monoisotopic (exact) mass is 337 g/mol. The summed E-state index contributed by atoms with van der Waals surface area (Å²) in [6.45, 7) is 0. The highest BCUT2D eigenvalue weighted by molar-refractivity contribution is 9.10. The highest BCUT2D eigenvalue weighted by atomic mass is 79.9. The fraction of sp³-hybridized carbons (Fsp3) is 0.267. The van der Waals surface area contributed by atoms with Crippen LogP contribution in [0.5, 0.6) is 11.5 Å². The van der Waals surface area contributed by atoms with E-state index in [1.807, 2.05) is 12.1 Å². The maximum Gasteiger partial charge on any atom is 0.161 e. The van der Waals surface area contributed by atoms with Gasteiger partial charge in [0.15, 0.2) is 11.5 Å². The molecule has 106 valence electrons. The number of halogens is 1. The lowest BCUT2D eigenvalue weighted by molar-refractivity contribution is 0.177. The lowest BCUT2D eigenvalue weighted by Gasteiger charge is -2.14. The lowest BCUT2D eigenvalue weighted by Crippen LogP contribution is -2.03. The number of benzene rings is 1. The van der Waals surface area contributed by atoms with Crippen LogP contribution in [0.2, 0.25) is 0 Å². The van der Waals surface area contributed by atoms with Crippen molar-refractivity contribution >= 4 is 15.9 Å². The Kier molecular flexibility index (Phi) is 4.98. The number of ether oxygens (including phenoxy) is 2. The zero-order valence-corrected chi connectivity index (χ0v) is 12.9. The summed E-state index contributed by atoms with van der Waals surface area (Å²) in [5.41, 5.74) is 1.74. The number of hydrogen-bond donors (Lipinski definition) is 1. The first-order valence-corrected chi connectivity index (χ1v) is 6.92. The smallest absolute Gasteiger partial charge is 0.161 e. The number of nitrogens with zero attached hydrogens (tertiary/aromatic N) is 1. The Bertz CT molecular complexity index is 589. The van der Waals surface area contributed by atoms with E-state index < -0.39 is 6.10 Å². The molecular formula is C15H16BrNO3. The molecule has 4 nitrogen and oxygen atoms in total. The van der Waals surface area contributed by atoms with Gasteiger partial charge in [-0.1, -0.05) is 6.07 Å². The minimum absolute atomic E-state index is 0.488. The van der Waals surface area contributed by atoms with Gasteiger partial charge in [0.25, 0.3) is 0 Å². The van der Waals surface area contributed by atoms with E-state index in [2.05, 4.69) is 20.9 Å². The van der Waals surface area contributed by atoms with Crippen LogP contribution in [0.15, 0.2) is 41.1 Å². The molecule has 0 fully saturated rings. The molecule has 20 heavy (non-hydrogen) atoms. The molecule has 1 N–H and O–H groups in total. The van der Waals surface area contributed by atoms with E-state index in [1.165, 1.54) is 0 Å². The van der Waals surface area contributed by atoms with Gasteiger partial charge in [0.05, 0.1) is 20.3 Å². The Balaban J connectivity index is 2.18. The number of methoxy groups -OCH3 is 2. The van der Waals surface area contributed by atoms with Crippen LogP contribution < -0.4 is 9.47 Å². The summed E-state index contributed by atoms with van der Waals surface area (Å²) in [5.74, 6) is 1.25. The van der Waals surface area contributed by atoms with Gasteiger partial charge in [-0.25, -0.2) is 0 Å². The molecule has 0 aliphatic heterocycles. The van der Waals surface area contributed by atoms with Crippen molar-refractivity contribution in [1.82, 2.24) is 4.98 Å². The van der Waals surface area contributed by atoms with Gasteiger partial charge in [0.1, 0.15) is 0 Å². The highest BCUT2D eigenvalue weighted by Gasteiger charge is 2.12. The van der Waals surface area contributed by atoms with Gasteiger partial charge >= 0.3 is 0 Å². The fourth-order valence-corrected chi connectivity index (χ4v) is 2.38. The molecule has 0 amide bonds. The summed E-state index contributed by atoms with van der Waals surface area (Å²) in [6, 6.07) is 7.35. The van der Waals surface area contributed by atoms with Crippen LogP contribution in [-0.4, -0.2) is 24.3 Å². The number of hydrogen-bond acceptors (Lipinski definition) is 4. The summed E-state index contributed by atoms with van der Waals surface area (Å²) >= 11 is 3.37. The molecular weight excluding hydrogens is 322 g/mol. The van der Waals surface area contributed by atoms with Crippen LogP contribution in [0.25, 0.3) is 0 Å². The van der Waals surface area contributed by atoms with Gasteiger partial charge in [-0.05, 0) is 45.3 Å². The Morgan fingerprint density at radius 3 is 2.55 bits per heavy atom. The third-order valence-electron chi connectivity index (χ3n) is 2.98. The minimum atomic E-state index is -0.620. The third kappa shape index (κ3) is 3.49. The van der Waals surface area contributed by atoms with Gasteiger partial charge in [-0.2, -0.15) is 0 Å². The molecule has 0 aliphatic carbocycles. The largest absolute Gasteiger partial charge is 0.493 e. The molecule has 0 aliphatic rings. The zero-order chi connectivity index (χ0) is 14.5. The van der Waals surface area contributed by atoms with Gasteiger partial charge in [0, 0.05) is 23.3 Å². The Hall–Kier alpha value is -1.59. The normalized spacial score (nSPS) is 12.0. The summed E-state index contributed by atoms with van der Waals surface area (Å²) in [6.07, 6.45) is 3.33. The van der Waals surface area contributed by atoms with Crippen molar-refractivity contribution in [2.24, 2.45) is 0 Å². The second kappa shape index (κ2) is 6.72. The Morgan fingerprint density at radius 2 is 1.90 bits per heavy atom. The number of aliphatic hydroxyl groups is 1. The number of aliphatic hydroxyl groups excluding tert-OH is 1. The molecule has 0 saturated carbocycles. The maximum atomic E-state index is 10.3. The van der Waals surface area contributed by atoms with E-state index in [9.17, 15) is 5.11 Å². The highest BCUT2D eigenvalue weighted by Crippen LogP contribution is 2.31. The minimum Gasteiger partial charge on any atom is -0.493 e. The van der Waals surface area contributed by atoms with Gasteiger partial charge in [-0.15, -0.1) is 0 Å². The van der Waals surface area contributed by atoms with Crippen molar-refractivity contribution in [2.75, 3.05) is 14.2 Å². The molecule has 0 bridgehead atoms. The second-order valence-corrected chi connectivity index (χ2v) is 5.26. The molecule has 1 aromatic heterocycles. The SMILES string of the molecule is COc1ccc(C(O)Cc2cncc(Br)c2)cc1OC. The van der Waals surface area contributed by atoms with Crippen molar-refractivity contribution < 1.29 is 14.6 Å². The quantitative estimate of drug-likeness (QED) is 0.910. The molecule has 1 heterocycles. The molecule has 1 atom stereocenters. The Labute approximate surface area is 126 Å². The standard InChI is InChI=1S/C15H16BrNO3/c1-19-14-4-3-11(7-15(14)20-2)13(18)6-10-5-12(16)9-17-8-10/h3-5,7-9,13,18H,6H2,1-2H3. The van der Waals surface area contributed by atoms with E-state index >= 15 is 0 Å². The zero-order valence-electron chi connectivity index (χ0n) is 11.3. The summed E-state index contributed by atoms with van der Waals surface area (Å²) in [7, 11) is 3.16. The van der Waals surface area contributed by atoms with E-state index in [0.29, 0.717) is 17.9 Å². The molecule has 0 saturated heterocycles. The van der Waals surface area contributed by atoms with Crippen molar-refractivity contribution in [3.8, 4) is 11.5 Å². The Morgan fingerprint density at radius 1 is 1.15 bits per heavy atom. The van der Waals surface area contributed by atoms with E-state index in [-0.39, 0.29) is 0 Å². The predicted octanol–water partition coefficient (Wildman–Crippen LogP) is 3.14. The second-order valence-electron chi connectivity index (χ2n) is 4.35. The fourth-order valence-electron chi connectivity index (χ4n) is 1.97. The van der Waals surface area contributed by atoms with Crippen molar-refractivity contribution in [1.29, 1.82) is 0 Å². The average Bonchev–Trinajstić information content (AvgIpc) is 2.46. The predicted molar refractivity (Wildman–Crippen MR) is 80.1 cm³/mol. The third-order valence-corrected chi connectivity index (χ3v) is 3.42. The topological polar surface area (TPSA) is 51.6 Å². The van der Waals surface area contributed by atoms with Crippen LogP contribution in [-0.2, 0) is 6.42 Å². The number of pyridine rings is 1. The lowest BCUT2D eigenvalue weighted by atomic mass is 10.0. The summed E-state index contributed by atoms with van der Waals surface area (Å²) < 4.78 is 11.3. The first-order valence-electron chi connectivity index (χ1n) is 6.13.